The number of nitrogens with one attached hydrogen (secondary N) is 1. The molecule has 3 aromatic heterocycles. The average Bonchev–Trinajstić information content (AvgIpc) is 3.39. The van der Waals surface area contributed by atoms with E-state index in [2.05, 4.69) is 10.1 Å². The maximum Gasteiger partial charge on any atom is 0.246 e. The molecule has 0 fully saturated rings. The van der Waals surface area contributed by atoms with Crippen molar-refractivity contribution in [3.8, 4) is 0 Å². The monoisotopic (exact) mass is 460 g/mol. The zero-order valence-corrected chi connectivity index (χ0v) is 20.1. The van der Waals surface area contributed by atoms with Crippen LogP contribution in [0.3, 0.4) is 0 Å². The van der Waals surface area contributed by atoms with Crippen LogP contribution in [-0.2, 0) is 16.6 Å². The molecule has 0 saturated heterocycles. The molecule has 32 heavy (non-hydrogen) atoms. The number of ketones is 2. The molecule has 3 heterocycles. The highest BCUT2D eigenvalue weighted by Gasteiger charge is 2.32. The number of aromatic nitrogens is 3. The molecule has 3 aromatic rings. The SMILES string of the molecule is CC(=O)c1c(C)[nH]c(C(=O)C(C)n2nc(C)c(S(=O)(=O)N(C)Cc3ccco3)c2C)c1C. The van der Waals surface area contributed by atoms with Gasteiger partial charge in [0.05, 0.1) is 29.9 Å². The summed E-state index contributed by atoms with van der Waals surface area (Å²) in [7, 11) is -2.41. The van der Waals surface area contributed by atoms with Crippen molar-refractivity contribution in [3.63, 3.8) is 0 Å². The molecule has 0 aromatic carbocycles. The van der Waals surface area contributed by atoms with Gasteiger partial charge in [-0.25, -0.2) is 8.42 Å². The van der Waals surface area contributed by atoms with E-state index in [4.69, 9.17) is 4.42 Å². The first kappa shape index (κ1) is 23.7. The summed E-state index contributed by atoms with van der Waals surface area (Å²) in [6.07, 6.45) is 1.49. The van der Waals surface area contributed by atoms with Gasteiger partial charge < -0.3 is 9.40 Å². The van der Waals surface area contributed by atoms with Crippen LogP contribution in [0.1, 0.15) is 69.1 Å². The standard InChI is InChI=1S/C22H28N4O5S/c1-12-19(17(6)27)13(2)23-20(12)21(28)15(4)26-16(5)22(14(3)24-26)32(29,30)25(7)11-18-9-8-10-31-18/h8-10,15,23H,11H2,1-7H3. The van der Waals surface area contributed by atoms with Crippen molar-refractivity contribution < 1.29 is 22.4 Å². The number of aromatic amines is 1. The fourth-order valence-electron chi connectivity index (χ4n) is 4.11. The first-order valence-corrected chi connectivity index (χ1v) is 11.6. The van der Waals surface area contributed by atoms with Gasteiger partial charge in [-0.1, -0.05) is 0 Å². The number of hydrogen-bond donors (Lipinski definition) is 1. The molecule has 0 bridgehead atoms. The second-order valence-electron chi connectivity index (χ2n) is 8.01. The number of Topliss-reactive ketones (excluding diaryl/α,β-unsaturated/α-hetero) is 2. The minimum Gasteiger partial charge on any atom is -0.468 e. The van der Waals surface area contributed by atoms with Gasteiger partial charge in [0, 0.05) is 18.3 Å². The van der Waals surface area contributed by atoms with Crippen LogP contribution in [0.15, 0.2) is 27.7 Å². The highest BCUT2D eigenvalue weighted by atomic mass is 32.2. The predicted molar refractivity (Wildman–Crippen MR) is 118 cm³/mol. The molecule has 0 aliphatic carbocycles. The van der Waals surface area contributed by atoms with Crippen LogP contribution in [0.5, 0.6) is 0 Å². The number of carbonyl (C=O) groups is 2. The number of sulfonamides is 1. The van der Waals surface area contributed by atoms with E-state index in [1.165, 1.54) is 29.2 Å². The van der Waals surface area contributed by atoms with Crippen molar-refractivity contribution in [1.29, 1.82) is 0 Å². The quantitative estimate of drug-likeness (QED) is 0.514. The third-order valence-electron chi connectivity index (χ3n) is 5.67. The Morgan fingerprint density at radius 3 is 2.44 bits per heavy atom. The molecule has 1 atom stereocenters. The molecule has 9 nitrogen and oxygen atoms in total. The van der Waals surface area contributed by atoms with Crippen molar-refractivity contribution in [3.05, 3.63) is 58.1 Å². The summed E-state index contributed by atoms with van der Waals surface area (Å²) in [5, 5.41) is 4.38. The van der Waals surface area contributed by atoms with Crippen molar-refractivity contribution in [2.45, 2.75) is 59.0 Å². The van der Waals surface area contributed by atoms with Crippen LogP contribution < -0.4 is 0 Å². The zero-order chi connectivity index (χ0) is 24.0. The fraction of sp³-hybridized carbons (Fsp3) is 0.409. The van der Waals surface area contributed by atoms with Gasteiger partial charge >= 0.3 is 0 Å². The number of H-pyrrole nitrogens is 1. The van der Waals surface area contributed by atoms with Gasteiger partial charge in [-0.15, -0.1) is 0 Å². The molecule has 0 amide bonds. The molecule has 172 valence electrons. The second-order valence-corrected chi connectivity index (χ2v) is 9.99. The largest absolute Gasteiger partial charge is 0.468 e. The number of rotatable bonds is 8. The summed E-state index contributed by atoms with van der Waals surface area (Å²) in [4.78, 5) is 28.2. The Bertz CT molecular complexity index is 1280. The number of carbonyl (C=O) groups excluding carboxylic acids is 2. The molecule has 3 rings (SSSR count). The predicted octanol–water partition coefficient (Wildman–Crippen LogP) is 3.51. The van der Waals surface area contributed by atoms with Gasteiger partial charge in [0.15, 0.2) is 5.78 Å². The fourth-order valence-corrected chi connectivity index (χ4v) is 5.60. The molecular formula is C22H28N4O5S. The summed E-state index contributed by atoms with van der Waals surface area (Å²) >= 11 is 0. The first-order chi connectivity index (χ1) is 14.9. The molecule has 0 aliphatic rings. The van der Waals surface area contributed by atoms with Crippen molar-refractivity contribution >= 4 is 21.6 Å². The minimum atomic E-state index is -3.88. The maximum absolute atomic E-state index is 13.3. The lowest BCUT2D eigenvalue weighted by molar-refractivity contribution is 0.0921. The zero-order valence-electron chi connectivity index (χ0n) is 19.3. The lowest BCUT2D eigenvalue weighted by atomic mass is 10.0. The molecule has 10 heteroatoms. The van der Waals surface area contributed by atoms with E-state index in [0.29, 0.717) is 39.7 Å². The number of furan rings is 1. The van der Waals surface area contributed by atoms with E-state index in [9.17, 15) is 18.0 Å². The van der Waals surface area contributed by atoms with Crippen molar-refractivity contribution in [1.82, 2.24) is 19.1 Å². The summed E-state index contributed by atoms with van der Waals surface area (Å²) in [5.74, 6) is 0.111. The average molecular weight is 461 g/mol. The molecule has 0 aliphatic heterocycles. The lowest BCUT2D eigenvalue weighted by Gasteiger charge is -2.17. The third kappa shape index (κ3) is 3.95. The van der Waals surface area contributed by atoms with Crippen LogP contribution in [-0.4, -0.2) is 46.1 Å². The maximum atomic E-state index is 13.3. The highest BCUT2D eigenvalue weighted by Crippen LogP contribution is 2.28. The number of aryl methyl sites for hydroxylation is 2. The van der Waals surface area contributed by atoms with Gasteiger partial charge in [0.25, 0.3) is 0 Å². The topological polar surface area (TPSA) is 118 Å². The van der Waals surface area contributed by atoms with Crippen LogP contribution in [0.2, 0.25) is 0 Å². The normalized spacial score (nSPS) is 13.0. The van der Waals surface area contributed by atoms with E-state index in [0.717, 1.165) is 0 Å². The van der Waals surface area contributed by atoms with Crippen LogP contribution in [0, 0.1) is 27.7 Å². The lowest BCUT2D eigenvalue weighted by Crippen LogP contribution is -2.27. The number of hydrogen-bond acceptors (Lipinski definition) is 6. The van der Waals surface area contributed by atoms with Gasteiger partial charge in [-0.05, 0) is 59.2 Å². The van der Waals surface area contributed by atoms with Crippen molar-refractivity contribution in [2.75, 3.05) is 7.05 Å². The minimum absolute atomic E-state index is 0.0648. The Labute approximate surface area is 187 Å². The van der Waals surface area contributed by atoms with E-state index in [1.807, 2.05) is 0 Å². The summed E-state index contributed by atoms with van der Waals surface area (Å²) in [6, 6.07) is 2.62. The first-order valence-electron chi connectivity index (χ1n) is 10.2. The van der Waals surface area contributed by atoms with E-state index < -0.39 is 16.1 Å². The molecule has 0 radical (unpaired) electrons. The summed E-state index contributed by atoms with van der Waals surface area (Å²) in [6.45, 7) is 9.89. The second kappa shape index (κ2) is 8.51. The van der Waals surface area contributed by atoms with Gasteiger partial charge in [-0.3, -0.25) is 14.3 Å². The summed E-state index contributed by atoms with van der Waals surface area (Å²) < 4.78 is 34.4. The van der Waals surface area contributed by atoms with E-state index in [1.54, 1.807) is 46.8 Å². The van der Waals surface area contributed by atoms with E-state index in [-0.39, 0.29) is 23.0 Å². The highest BCUT2D eigenvalue weighted by molar-refractivity contribution is 7.89. The molecular weight excluding hydrogens is 432 g/mol. The van der Waals surface area contributed by atoms with Crippen LogP contribution >= 0.6 is 0 Å². The van der Waals surface area contributed by atoms with Crippen molar-refractivity contribution in [2.24, 2.45) is 0 Å². The van der Waals surface area contributed by atoms with Crippen LogP contribution in [0.25, 0.3) is 0 Å². The van der Waals surface area contributed by atoms with Crippen LogP contribution in [0.4, 0.5) is 0 Å². The van der Waals surface area contributed by atoms with E-state index >= 15 is 0 Å². The van der Waals surface area contributed by atoms with Gasteiger partial charge in [0.1, 0.15) is 16.7 Å². The number of nitrogens with zero attached hydrogens (tertiary/aromatic N) is 3. The Morgan fingerprint density at radius 2 is 1.91 bits per heavy atom. The molecule has 0 spiro atoms. The molecule has 0 saturated carbocycles. The Hall–Kier alpha value is -2.98. The summed E-state index contributed by atoms with van der Waals surface area (Å²) in [5.41, 5.74) is 2.70. The Balaban J connectivity index is 1.97. The Morgan fingerprint density at radius 1 is 1.25 bits per heavy atom. The smallest absolute Gasteiger partial charge is 0.246 e. The molecule has 1 N–H and O–H groups in total. The molecule has 1 unspecified atom stereocenters. The van der Waals surface area contributed by atoms with Gasteiger partial charge in [0.2, 0.25) is 15.8 Å². The Kier molecular flexibility index (Phi) is 6.30. The van der Waals surface area contributed by atoms with Gasteiger partial charge in [-0.2, -0.15) is 9.40 Å². The third-order valence-corrected chi connectivity index (χ3v) is 7.72.